The van der Waals surface area contributed by atoms with E-state index in [2.05, 4.69) is 31.2 Å². The number of hydrogen-bond acceptors (Lipinski definition) is 4. The van der Waals surface area contributed by atoms with Crippen molar-refractivity contribution >= 4 is 26.8 Å². The van der Waals surface area contributed by atoms with Gasteiger partial charge in [0.1, 0.15) is 11.5 Å². The fraction of sp³-hybridized carbons (Fsp3) is 0.125. The number of pyridine rings is 1. The molecule has 166 valence electrons. The standard InChI is InChI=1S/C24H19BrFN5O2/c1-30-12-17(11-27-30)24-18-8-14(3-5-21(18)28-29-24)15-6-7-31(23(33)10-15)22(13-32)16-2-4-20(26)19(25)9-16/h2-12,22,32H,13H2,1H3,(H,28,29)/t22-/m1/s1. The van der Waals surface area contributed by atoms with Crippen LogP contribution in [0.15, 0.2) is 76.4 Å². The number of rotatable bonds is 5. The van der Waals surface area contributed by atoms with Crippen molar-refractivity contribution in [1.82, 2.24) is 24.5 Å². The van der Waals surface area contributed by atoms with Crippen LogP contribution in [0.2, 0.25) is 0 Å². The van der Waals surface area contributed by atoms with Gasteiger partial charge in [-0.25, -0.2) is 4.39 Å². The van der Waals surface area contributed by atoms with E-state index in [1.807, 2.05) is 37.5 Å². The maximum atomic E-state index is 13.6. The van der Waals surface area contributed by atoms with Crippen LogP contribution in [0.5, 0.6) is 0 Å². The Morgan fingerprint density at radius 1 is 1.12 bits per heavy atom. The molecule has 3 heterocycles. The molecule has 0 fully saturated rings. The van der Waals surface area contributed by atoms with Crippen LogP contribution in [0.4, 0.5) is 4.39 Å². The van der Waals surface area contributed by atoms with Crippen LogP contribution in [0.3, 0.4) is 0 Å². The molecule has 0 unspecified atom stereocenters. The monoisotopic (exact) mass is 507 g/mol. The van der Waals surface area contributed by atoms with E-state index in [0.29, 0.717) is 5.56 Å². The highest BCUT2D eigenvalue weighted by Crippen LogP contribution is 2.30. The third-order valence-corrected chi connectivity index (χ3v) is 6.27. The molecule has 0 spiro atoms. The first-order valence-electron chi connectivity index (χ1n) is 10.2. The molecule has 9 heteroatoms. The lowest BCUT2D eigenvalue weighted by molar-refractivity contribution is 0.247. The predicted octanol–water partition coefficient (Wildman–Crippen LogP) is 4.28. The summed E-state index contributed by atoms with van der Waals surface area (Å²) in [6, 6.07) is 13.0. The van der Waals surface area contributed by atoms with Gasteiger partial charge in [0.15, 0.2) is 0 Å². The number of halogens is 2. The van der Waals surface area contributed by atoms with Gasteiger partial charge in [0.05, 0.1) is 28.8 Å². The van der Waals surface area contributed by atoms with Gasteiger partial charge >= 0.3 is 0 Å². The summed E-state index contributed by atoms with van der Waals surface area (Å²) in [4.78, 5) is 13.0. The maximum absolute atomic E-state index is 13.6. The van der Waals surface area contributed by atoms with Crippen LogP contribution in [-0.4, -0.2) is 36.3 Å². The van der Waals surface area contributed by atoms with Crippen molar-refractivity contribution in [1.29, 1.82) is 0 Å². The van der Waals surface area contributed by atoms with Crippen molar-refractivity contribution in [2.24, 2.45) is 7.05 Å². The molecule has 33 heavy (non-hydrogen) atoms. The number of nitrogens with one attached hydrogen (secondary N) is 1. The predicted molar refractivity (Wildman–Crippen MR) is 127 cm³/mol. The summed E-state index contributed by atoms with van der Waals surface area (Å²) < 4.78 is 17.1. The number of H-pyrrole nitrogens is 1. The molecule has 1 atom stereocenters. The van der Waals surface area contributed by atoms with Crippen molar-refractivity contribution in [3.63, 3.8) is 0 Å². The topological polar surface area (TPSA) is 88.7 Å². The quantitative estimate of drug-likeness (QED) is 0.371. The average molecular weight is 508 g/mol. The minimum atomic E-state index is -0.628. The van der Waals surface area contributed by atoms with E-state index in [9.17, 15) is 14.3 Å². The third-order valence-electron chi connectivity index (χ3n) is 5.66. The molecular weight excluding hydrogens is 489 g/mol. The Morgan fingerprint density at radius 2 is 1.94 bits per heavy atom. The van der Waals surface area contributed by atoms with Gasteiger partial charge < -0.3 is 9.67 Å². The van der Waals surface area contributed by atoms with Crippen LogP contribution in [-0.2, 0) is 7.05 Å². The van der Waals surface area contributed by atoms with Gasteiger partial charge in [-0.3, -0.25) is 14.6 Å². The molecule has 0 amide bonds. The summed E-state index contributed by atoms with van der Waals surface area (Å²) in [5.41, 5.74) is 4.53. The number of aromatic amines is 1. The number of aryl methyl sites for hydroxylation is 1. The summed E-state index contributed by atoms with van der Waals surface area (Å²) in [6.07, 6.45) is 5.30. The zero-order valence-electron chi connectivity index (χ0n) is 17.5. The Balaban J connectivity index is 1.53. The Hall–Kier alpha value is -3.56. The highest BCUT2D eigenvalue weighted by Gasteiger charge is 2.17. The summed E-state index contributed by atoms with van der Waals surface area (Å²) >= 11 is 3.16. The van der Waals surface area contributed by atoms with Gasteiger partial charge in [0.2, 0.25) is 0 Å². The third kappa shape index (κ3) is 3.90. The van der Waals surface area contributed by atoms with Crippen LogP contribution in [0.25, 0.3) is 33.3 Å². The van der Waals surface area contributed by atoms with E-state index in [-0.39, 0.29) is 16.6 Å². The summed E-state index contributed by atoms with van der Waals surface area (Å²) in [6.45, 7) is -0.299. The zero-order valence-corrected chi connectivity index (χ0v) is 19.1. The SMILES string of the molecule is Cn1cc(-c2n[nH]c3ccc(-c4ccn([C@H](CO)c5ccc(F)c(Br)c5)c(=O)c4)cc23)cn1. The van der Waals surface area contributed by atoms with Gasteiger partial charge in [0, 0.05) is 36.5 Å². The lowest BCUT2D eigenvalue weighted by atomic mass is 10.0. The Bertz CT molecular complexity index is 1540. The van der Waals surface area contributed by atoms with E-state index in [1.165, 1.54) is 16.7 Å². The molecule has 0 aliphatic rings. The lowest BCUT2D eigenvalue weighted by Crippen LogP contribution is -2.26. The second-order valence-electron chi connectivity index (χ2n) is 7.77. The largest absolute Gasteiger partial charge is 0.394 e. The highest BCUT2D eigenvalue weighted by molar-refractivity contribution is 9.10. The molecule has 5 aromatic rings. The van der Waals surface area contributed by atoms with Gasteiger partial charge in [-0.1, -0.05) is 12.1 Å². The minimum absolute atomic E-state index is 0.272. The number of fused-ring (bicyclic) bond motifs is 1. The molecule has 5 rings (SSSR count). The second-order valence-corrected chi connectivity index (χ2v) is 8.62. The first-order chi connectivity index (χ1) is 15.9. The molecule has 0 radical (unpaired) electrons. The molecule has 0 bridgehead atoms. The van der Waals surface area contributed by atoms with Gasteiger partial charge in [0.25, 0.3) is 5.56 Å². The summed E-state index contributed by atoms with van der Waals surface area (Å²) in [7, 11) is 1.85. The number of aliphatic hydroxyl groups excluding tert-OH is 1. The van der Waals surface area contributed by atoms with Gasteiger partial charge in [-0.05, 0) is 63.0 Å². The molecule has 0 saturated carbocycles. The normalized spacial score (nSPS) is 12.4. The maximum Gasteiger partial charge on any atom is 0.251 e. The molecule has 2 N–H and O–H groups in total. The van der Waals surface area contributed by atoms with Crippen LogP contribution in [0.1, 0.15) is 11.6 Å². The van der Waals surface area contributed by atoms with Crippen molar-refractivity contribution in [3.05, 3.63) is 93.3 Å². The molecule has 3 aromatic heterocycles. The van der Waals surface area contributed by atoms with Crippen LogP contribution < -0.4 is 5.56 Å². The Kier molecular flexibility index (Phi) is 5.43. The number of aromatic nitrogens is 5. The summed E-state index contributed by atoms with van der Waals surface area (Å²) in [5, 5.41) is 22.6. The van der Waals surface area contributed by atoms with Crippen LogP contribution in [0, 0.1) is 5.82 Å². The molecule has 7 nitrogen and oxygen atoms in total. The van der Waals surface area contributed by atoms with E-state index in [0.717, 1.165) is 33.3 Å². The first kappa shape index (κ1) is 21.3. The lowest BCUT2D eigenvalue weighted by Gasteiger charge is -2.19. The van der Waals surface area contributed by atoms with Crippen molar-refractivity contribution in [3.8, 4) is 22.4 Å². The first-order valence-corrected chi connectivity index (χ1v) is 11.0. The van der Waals surface area contributed by atoms with E-state index in [4.69, 9.17) is 0 Å². The number of nitrogens with zero attached hydrogens (tertiary/aromatic N) is 4. The van der Waals surface area contributed by atoms with Crippen LogP contribution >= 0.6 is 15.9 Å². The summed E-state index contributed by atoms with van der Waals surface area (Å²) in [5.74, 6) is -0.404. The van der Waals surface area contributed by atoms with E-state index >= 15 is 0 Å². The Labute approximate surface area is 196 Å². The molecule has 0 saturated heterocycles. The molecule has 0 aliphatic carbocycles. The highest BCUT2D eigenvalue weighted by atomic mass is 79.9. The van der Waals surface area contributed by atoms with Crippen molar-refractivity contribution in [2.45, 2.75) is 6.04 Å². The zero-order chi connectivity index (χ0) is 23.1. The number of aliphatic hydroxyl groups is 1. The van der Waals surface area contributed by atoms with E-state index in [1.54, 1.807) is 29.2 Å². The fourth-order valence-electron chi connectivity index (χ4n) is 3.96. The Morgan fingerprint density at radius 3 is 2.64 bits per heavy atom. The van der Waals surface area contributed by atoms with Gasteiger partial charge in [-0.15, -0.1) is 0 Å². The number of benzene rings is 2. The second kappa shape index (κ2) is 8.42. The molecular formula is C24H19BrFN5O2. The van der Waals surface area contributed by atoms with Crippen molar-refractivity contribution in [2.75, 3.05) is 6.61 Å². The molecule has 0 aliphatic heterocycles. The molecule has 2 aromatic carbocycles. The van der Waals surface area contributed by atoms with Gasteiger partial charge in [-0.2, -0.15) is 10.2 Å². The van der Waals surface area contributed by atoms with Crippen molar-refractivity contribution < 1.29 is 9.50 Å². The van der Waals surface area contributed by atoms with E-state index < -0.39 is 11.9 Å². The fourth-order valence-corrected chi connectivity index (χ4v) is 4.35. The average Bonchev–Trinajstić information content (AvgIpc) is 3.43. The minimum Gasteiger partial charge on any atom is -0.394 e. The number of hydrogen-bond donors (Lipinski definition) is 2. The smallest absolute Gasteiger partial charge is 0.251 e.